The third-order valence-electron chi connectivity index (χ3n) is 4.25. The number of nitrogens with one attached hydrogen (secondary N) is 2. The Kier molecular flexibility index (Phi) is 4.62. The molecule has 1 aromatic carbocycles. The number of imidazole rings is 1. The van der Waals surface area contributed by atoms with E-state index in [1.165, 1.54) is 9.13 Å². The summed E-state index contributed by atoms with van der Waals surface area (Å²) in [5.41, 5.74) is 1.96. The number of hydrogen-bond acceptors (Lipinski definition) is 4. The number of benzene rings is 1. The zero-order valence-electron chi connectivity index (χ0n) is 13.3. The zero-order chi connectivity index (χ0) is 17.3. The van der Waals surface area contributed by atoms with Crippen molar-refractivity contribution in [2.75, 3.05) is 17.7 Å². The van der Waals surface area contributed by atoms with Crippen LogP contribution in [0.4, 0.5) is 5.69 Å². The van der Waals surface area contributed by atoms with Gasteiger partial charge >= 0.3 is 5.69 Å². The first-order valence-corrected chi connectivity index (χ1v) is 8.41. The van der Waals surface area contributed by atoms with E-state index in [1.807, 2.05) is 18.2 Å². The van der Waals surface area contributed by atoms with Crippen molar-refractivity contribution in [3.63, 3.8) is 0 Å². The van der Waals surface area contributed by atoms with Crippen molar-refractivity contribution in [1.82, 2.24) is 14.5 Å². The first-order valence-electron chi connectivity index (χ1n) is 7.88. The Labute approximate surface area is 143 Å². The lowest BCUT2D eigenvalue weighted by Gasteiger charge is -2.22. The first-order chi connectivity index (χ1) is 11.5. The Balaban J connectivity index is 2.08. The van der Waals surface area contributed by atoms with Crippen molar-refractivity contribution >= 4 is 40.1 Å². The maximum absolute atomic E-state index is 12.7. The van der Waals surface area contributed by atoms with Gasteiger partial charge in [-0.25, -0.2) is 4.79 Å². The Hall–Kier alpha value is -2.28. The van der Waals surface area contributed by atoms with E-state index in [4.69, 9.17) is 11.6 Å². The van der Waals surface area contributed by atoms with Crippen molar-refractivity contribution < 1.29 is 9.59 Å². The molecule has 128 valence electrons. The number of nitrogens with zero attached hydrogens (tertiary/aromatic N) is 2. The normalized spacial score (nSPS) is 18.0. The number of rotatable bonds is 5. The molecule has 2 aromatic rings. The summed E-state index contributed by atoms with van der Waals surface area (Å²) in [7, 11) is 1.68. The van der Waals surface area contributed by atoms with Crippen molar-refractivity contribution in [3.05, 3.63) is 28.7 Å². The third kappa shape index (κ3) is 2.80. The second-order valence-corrected chi connectivity index (χ2v) is 6.20. The van der Waals surface area contributed by atoms with Gasteiger partial charge in [-0.3, -0.25) is 24.0 Å². The number of halogens is 1. The number of carbonyl (C=O) groups excluding carboxylic acids is 2. The van der Waals surface area contributed by atoms with Gasteiger partial charge in [0.1, 0.15) is 6.04 Å². The minimum atomic E-state index is -0.669. The van der Waals surface area contributed by atoms with Crippen LogP contribution in [0.1, 0.15) is 25.3 Å². The molecule has 24 heavy (non-hydrogen) atoms. The molecule has 2 heterocycles. The number of amides is 2. The molecule has 1 aliphatic heterocycles. The number of alkyl halides is 1. The van der Waals surface area contributed by atoms with E-state index in [9.17, 15) is 14.4 Å². The summed E-state index contributed by atoms with van der Waals surface area (Å²) in [6, 6.07) is 4.88. The molecular formula is C16H19ClN4O3. The number of carbonyl (C=O) groups is 2. The van der Waals surface area contributed by atoms with E-state index in [2.05, 4.69) is 10.6 Å². The lowest BCUT2D eigenvalue weighted by Crippen LogP contribution is -2.44. The van der Waals surface area contributed by atoms with Crippen molar-refractivity contribution in [2.24, 2.45) is 7.05 Å². The second kappa shape index (κ2) is 6.68. The van der Waals surface area contributed by atoms with Crippen LogP contribution < -0.4 is 16.3 Å². The van der Waals surface area contributed by atoms with Crippen LogP contribution in [0.3, 0.4) is 0 Å². The molecule has 0 radical (unpaired) electrons. The number of piperidine rings is 1. The second-order valence-electron chi connectivity index (χ2n) is 5.82. The molecular weight excluding hydrogens is 332 g/mol. The molecule has 2 amide bonds. The Morgan fingerprint density at radius 1 is 1.33 bits per heavy atom. The van der Waals surface area contributed by atoms with E-state index in [0.29, 0.717) is 24.4 Å². The molecule has 1 aromatic heterocycles. The predicted molar refractivity (Wildman–Crippen MR) is 92.4 cm³/mol. The fraction of sp³-hybridized carbons (Fsp3) is 0.438. The van der Waals surface area contributed by atoms with Gasteiger partial charge in [0.05, 0.1) is 16.7 Å². The number of fused-ring (bicyclic) bond motifs is 1. The number of anilines is 1. The van der Waals surface area contributed by atoms with Crippen LogP contribution in [-0.4, -0.2) is 33.4 Å². The fourth-order valence-corrected chi connectivity index (χ4v) is 3.23. The van der Waals surface area contributed by atoms with Crippen LogP contribution in [-0.2, 0) is 16.6 Å². The van der Waals surface area contributed by atoms with Crippen LogP contribution in [0.5, 0.6) is 0 Å². The maximum atomic E-state index is 12.7. The average Bonchev–Trinajstić information content (AvgIpc) is 2.81. The first kappa shape index (κ1) is 16.6. The van der Waals surface area contributed by atoms with Crippen molar-refractivity contribution in [3.8, 4) is 0 Å². The summed E-state index contributed by atoms with van der Waals surface area (Å²) in [4.78, 5) is 36.2. The van der Waals surface area contributed by atoms with Crippen LogP contribution in [0.15, 0.2) is 23.0 Å². The molecule has 0 bridgehead atoms. The highest BCUT2D eigenvalue weighted by Crippen LogP contribution is 2.27. The minimum Gasteiger partial charge on any atom is -0.383 e. The van der Waals surface area contributed by atoms with E-state index < -0.39 is 11.9 Å². The lowest BCUT2D eigenvalue weighted by atomic mass is 10.1. The van der Waals surface area contributed by atoms with Gasteiger partial charge in [0.15, 0.2) is 0 Å². The Morgan fingerprint density at radius 3 is 2.83 bits per heavy atom. The number of hydrogen-bond donors (Lipinski definition) is 2. The topological polar surface area (TPSA) is 85.1 Å². The molecule has 0 spiro atoms. The lowest BCUT2D eigenvalue weighted by molar-refractivity contribution is -0.135. The maximum Gasteiger partial charge on any atom is 0.329 e. The largest absolute Gasteiger partial charge is 0.383 e. The Morgan fingerprint density at radius 2 is 2.12 bits per heavy atom. The molecule has 1 aliphatic rings. The highest BCUT2D eigenvalue weighted by molar-refractivity contribution is 6.17. The van der Waals surface area contributed by atoms with Crippen LogP contribution >= 0.6 is 11.6 Å². The number of imide groups is 1. The molecule has 3 rings (SSSR count). The third-order valence-corrected chi connectivity index (χ3v) is 4.52. The SMILES string of the molecule is Cn1c(=O)n(C2CCC(=O)NC2=O)c2cccc(NCCCCl)c21. The van der Waals surface area contributed by atoms with Crippen LogP contribution in [0.2, 0.25) is 0 Å². The molecule has 8 heteroatoms. The van der Waals surface area contributed by atoms with E-state index in [0.717, 1.165) is 17.6 Å². The van der Waals surface area contributed by atoms with Crippen molar-refractivity contribution in [2.45, 2.75) is 25.3 Å². The standard InChI is InChI=1S/C16H19ClN4O3/c1-20-14-10(18-9-3-8-17)4-2-5-11(14)21(16(20)24)12-6-7-13(22)19-15(12)23/h2,4-5,12,18H,3,6-9H2,1H3,(H,19,22,23). The van der Waals surface area contributed by atoms with Gasteiger partial charge in [-0.05, 0) is 25.0 Å². The highest BCUT2D eigenvalue weighted by Gasteiger charge is 2.31. The van der Waals surface area contributed by atoms with Gasteiger partial charge in [-0.1, -0.05) is 6.07 Å². The summed E-state index contributed by atoms with van der Waals surface area (Å²) in [6.07, 6.45) is 1.36. The van der Waals surface area contributed by atoms with Gasteiger partial charge in [0, 0.05) is 25.9 Å². The van der Waals surface area contributed by atoms with Gasteiger partial charge in [0.2, 0.25) is 11.8 Å². The molecule has 7 nitrogen and oxygen atoms in total. The summed E-state index contributed by atoms with van der Waals surface area (Å²) >= 11 is 5.70. The van der Waals surface area contributed by atoms with Crippen LogP contribution in [0.25, 0.3) is 11.0 Å². The monoisotopic (exact) mass is 350 g/mol. The zero-order valence-corrected chi connectivity index (χ0v) is 14.1. The quantitative estimate of drug-likeness (QED) is 0.484. The van der Waals surface area contributed by atoms with Gasteiger partial charge in [0.25, 0.3) is 0 Å². The molecule has 1 atom stereocenters. The smallest absolute Gasteiger partial charge is 0.329 e. The summed E-state index contributed by atoms with van der Waals surface area (Å²) in [5, 5.41) is 5.59. The minimum absolute atomic E-state index is 0.229. The summed E-state index contributed by atoms with van der Waals surface area (Å²) < 4.78 is 3.01. The molecule has 0 aliphatic carbocycles. The molecule has 2 N–H and O–H groups in total. The van der Waals surface area contributed by atoms with Crippen molar-refractivity contribution in [1.29, 1.82) is 0 Å². The van der Waals surface area contributed by atoms with Crippen LogP contribution in [0, 0.1) is 0 Å². The number of aryl methyl sites for hydroxylation is 1. The Bertz CT molecular complexity index is 855. The fourth-order valence-electron chi connectivity index (χ4n) is 3.10. The number of para-hydroxylation sites is 1. The highest BCUT2D eigenvalue weighted by atomic mass is 35.5. The van der Waals surface area contributed by atoms with Gasteiger partial charge in [-0.2, -0.15) is 0 Å². The van der Waals surface area contributed by atoms with E-state index >= 15 is 0 Å². The van der Waals surface area contributed by atoms with E-state index in [1.54, 1.807) is 7.05 Å². The molecule has 0 saturated carbocycles. The predicted octanol–water partition coefficient (Wildman–Crippen LogP) is 1.36. The summed E-state index contributed by atoms with van der Waals surface area (Å²) in [6.45, 7) is 0.695. The molecule has 1 unspecified atom stereocenters. The van der Waals surface area contributed by atoms with Gasteiger partial charge in [-0.15, -0.1) is 11.6 Å². The number of aromatic nitrogens is 2. The average molecular weight is 351 g/mol. The molecule has 1 saturated heterocycles. The molecule has 1 fully saturated rings. The summed E-state index contributed by atoms with van der Waals surface area (Å²) in [5.74, 6) is -0.173. The van der Waals surface area contributed by atoms with Gasteiger partial charge < -0.3 is 5.32 Å². The van der Waals surface area contributed by atoms with E-state index in [-0.39, 0.29) is 18.0 Å².